The molecule has 0 spiro atoms. The van der Waals surface area contributed by atoms with Crippen LogP contribution in [0.15, 0.2) is 24.5 Å². The fourth-order valence-corrected chi connectivity index (χ4v) is 1.67. The minimum atomic E-state index is -0.905. The third-order valence-electron chi connectivity index (χ3n) is 2.66. The van der Waals surface area contributed by atoms with E-state index in [-0.39, 0.29) is 17.8 Å². The van der Waals surface area contributed by atoms with Gasteiger partial charge in [0, 0.05) is 12.7 Å². The van der Waals surface area contributed by atoms with E-state index in [9.17, 15) is 19.3 Å². The highest BCUT2D eigenvalue weighted by molar-refractivity contribution is 6.01. The minimum Gasteiger partial charge on any atom is -0.393 e. The summed E-state index contributed by atoms with van der Waals surface area (Å²) in [5.74, 6) is -1.60. The summed E-state index contributed by atoms with van der Waals surface area (Å²) in [5.41, 5.74) is 4.23. The van der Waals surface area contributed by atoms with E-state index in [2.05, 4.69) is 15.6 Å². The quantitative estimate of drug-likeness (QED) is 0.464. The Kier molecular flexibility index (Phi) is 4.07. The van der Waals surface area contributed by atoms with Crippen molar-refractivity contribution in [2.45, 2.75) is 6.54 Å². The summed E-state index contributed by atoms with van der Waals surface area (Å²) in [7, 11) is 0. The van der Waals surface area contributed by atoms with E-state index in [0.717, 1.165) is 6.07 Å². The molecule has 110 valence electrons. The Morgan fingerprint density at radius 2 is 2.29 bits per heavy atom. The van der Waals surface area contributed by atoms with Gasteiger partial charge in [-0.05, 0) is 6.07 Å². The van der Waals surface area contributed by atoms with Crippen LogP contribution in [0.5, 0.6) is 0 Å². The fraction of sp³-hybridized carbons (Fsp3) is 0.182. The molecule has 1 aromatic heterocycles. The largest absolute Gasteiger partial charge is 0.393 e. The third-order valence-corrected chi connectivity index (χ3v) is 2.66. The van der Waals surface area contributed by atoms with E-state index in [1.807, 2.05) is 0 Å². The first kappa shape index (κ1) is 14.4. The summed E-state index contributed by atoms with van der Waals surface area (Å²) in [6.45, 7) is 0.537. The highest BCUT2D eigenvalue weighted by atomic mass is 19.1. The van der Waals surface area contributed by atoms with Gasteiger partial charge in [0.15, 0.2) is 0 Å². The van der Waals surface area contributed by atoms with Gasteiger partial charge in [-0.3, -0.25) is 19.6 Å². The van der Waals surface area contributed by atoms with E-state index in [0.29, 0.717) is 12.6 Å². The van der Waals surface area contributed by atoms with Crippen LogP contribution in [0, 0.1) is 15.9 Å². The molecule has 21 heavy (non-hydrogen) atoms. The summed E-state index contributed by atoms with van der Waals surface area (Å²) in [4.78, 5) is 21.8. The average molecular weight is 294 g/mol. The zero-order valence-corrected chi connectivity index (χ0v) is 10.7. The lowest BCUT2D eigenvalue weighted by Crippen LogP contribution is -2.28. The Labute approximate surface area is 117 Å². The van der Waals surface area contributed by atoms with Gasteiger partial charge in [-0.2, -0.15) is 0 Å². The Bertz CT molecular complexity index is 673. The molecule has 2 aromatic rings. The topological polar surface area (TPSA) is 129 Å². The van der Waals surface area contributed by atoms with Crippen LogP contribution in [0.3, 0.4) is 0 Å². The number of anilines is 1. The SMILES string of the molecule is Nc1c(C(=O)NCCn2ccnn2)cc(F)cc1[N+](=O)[O-]. The number of amides is 1. The molecule has 10 heteroatoms. The van der Waals surface area contributed by atoms with Crippen LogP contribution in [0.2, 0.25) is 0 Å². The van der Waals surface area contributed by atoms with Gasteiger partial charge >= 0.3 is 0 Å². The highest BCUT2D eigenvalue weighted by Crippen LogP contribution is 2.26. The number of halogens is 1. The minimum absolute atomic E-state index is 0.186. The maximum atomic E-state index is 13.3. The number of nitrogens with one attached hydrogen (secondary N) is 1. The van der Waals surface area contributed by atoms with Crippen LogP contribution >= 0.6 is 0 Å². The van der Waals surface area contributed by atoms with Crippen molar-refractivity contribution in [3.05, 3.63) is 46.0 Å². The summed E-state index contributed by atoms with van der Waals surface area (Å²) in [5, 5.41) is 20.5. The van der Waals surface area contributed by atoms with Crippen molar-refractivity contribution in [1.82, 2.24) is 20.3 Å². The second kappa shape index (κ2) is 5.94. The van der Waals surface area contributed by atoms with E-state index >= 15 is 0 Å². The van der Waals surface area contributed by atoms with Crippen LogP contribution in [-0.2, 0) is 6.54 Å². The first-order valence-electron chi connectivity index (χ1n) is 5.84. The molecule has 0 aliphatic carbocycles. The Hall–Kier alpha value is -3.04. The number of carbonyl (C=O) groups excluding carboxylic acids is 1. The number of nitrogens with two attached hydrogens (primary N) is 1. The average Bonchev–Trinajstić information content (AvgIpc) is 2.93. The molecular weight excluding hydrogens is 283 g/mol. The molecule has 1 aromatic carbocycles. The maximum Gasteiger partial charge on any atom is 0.295 e. The number of nitrogen functional groups attached to an aromatic ring is 1. The van der Waals surface area contributed by atoms with Gasteiger partial charge in [-0.15, -0.1) is 5.10 Å². The molecule has 1 amide bonds. The molecule has 0 unspecified atom stereocenters. The van der Waals surface area contributed by atoms with Crippen LogP contribution in [-0.4, -0.2) is 32.4 Å². The number of nitrogens with zero attached hydrogens (tertiary/aromatic N) is 4. The molecule has 0 atom stereocenters. The first-order chi connectivity index (χ1) is 9.99. The van der Waals surface area contributed by atoms with Crippen LogP contribution in [0.25, 0.3) is 0 Å². The molecule has 3 N–H and O–H groups in total. The van der Waals surface area contributed by atoms with Gasteiger partial charge in [0.05, 0.1) is 29.3 Å². The number of benzene rings is 1. The lowest BCUT2D eigenvalue weighted by molar-refractivity contribution is -0.384. The summed E-state index contributed by atoms with van der Waals surface area (Å²) in [6.07, 6.45) is 3.09. The molecule has 2 rings (SSSR count). The van der Waals surface area contributed by atoms with Crippen LogP contribution < -0.4 is 11.1 Å². The number of aromatic nitrogens is 3. The standard InChI is InChI=1S/C11H11FN6O3/c12-7-5-8(10(13)9(6-7)18(20)21)11(19)14-1-3-17-4-2-15-16-17/h2,4-6H,1,3,13H2,(H,14,19). The second-order valence-corrected chi connectivity index (χ2v) is 4.07. The van der Waals surface area contributed by atoms with Gasteiger partial charge in [-0.25, -0.2) is 4.39 Å². The normalized spacial score (nSPS) is 10.3. The Balaban J connectivity index is 2.10. The molecule has 9 nitrogen and oxygen atoms in total. The molecule has 0 fully saturated rings. The number of hydrogen-bond donors (Lipinski definition) is 2. The van der Waals surface area contributed by atoms with E-state index in [1.165, 1.54) is 10.9 Å². The number of carbonyl (C=O) groups is 1. The smallest absolute Gasteiger partial charge is 0.295 e. The van der Waals surface area contributed by atoms with Gasteiger partial charge in [0.2, 0.25) is 0 Å². The van der Waals surface area contributed by atoms with Crippen molar-refractivity contribution >= 4 is 17.3 Å². The van der Waals surface area contributed by atoms with Crippen molar-refractivity contribution < 1.29 is 14.1 Å². The highest BCUT2D eigenvalue weighted by Gasteiger charge is 2.21. The summed E-state index contributed by atoms with van der Waals surface area (Å²) >= 11 is 0. The number of nitro benzene ring substituents is 1. The van der Waals surface area contributed by atoms with E-state index in [4.69, 9.17) is 5.73 Å². The Morgan fingerprint density at radius 1 is 1.52 bits per heavy atom. The lowest BCUT2D eigenvalue weighted by atomic mass is 10.1. The van der Waals surface area contributed by atoms with Gasteiger partial charge < -0.3 is 11.1 Å². The third kappa shape index (κ3) is 3.29. The van der Waals surface area contributed by atoms with E-state index < -0.39 is 22.3 Å². The van der Waals surface area contributed by atoms with Gasteiger partial charge in [0.25, 0.3) is 11.6 Å². The number of nitro groups is 1. The molecule has 0 bridgehead atoms. The molecule has 0 saturated heterocycles. The van der Waals surface area contributed by atoms with Crippen molar-refractivity contribution in [1.29, 1.82) is 0 Å². The predicted octanol–water partition coefficient (Wildman–Crippen LogP) is 0.338. The zero-order chi connectivity index (χ0) is 15.4. The van der Waals surface area contributed by atoms with Crippen molar-refractivity contribution in [3.8, 4) is 0 Å². The van der Waals surface area contributed by atoms with Crippen molar-refractivity contribution in [2.75, 3.05) is 12.3 Å². The molecule has 0 aliphatic rings. The van der Waals surface area contributed by atoms with Crippen molar-refractivity contribution in [3.63, 3.8) is 0 Å². The Morgan fingerprint density at radius 3 is 2.90 bits per heavy atom. The van der Waals surface area contributed by atoms with Crippen LogP contribution in [0.4, 0.5) is 15.8 Å². The monoisotopic (exact) mass is 294 g/mol. The first-order valence-corrected chi connectivity index (χ1v) is 5.84. The molecular formula is C11H11FN6O3. The lowest BCUT2D eigenvalue weighted by Gasteiger charge is -2.08. The van der Waals surface area contributed by atoms with Crippen molar-refractivity contribution in [2.24, 2.45) is 0 Å². The summed E-state index contributed by atoms with van der Waals surface area (Å²) in [6, 6.07) is 1.52. The van der Waals surface area contributed by atoms with E-state index in [1.54, 1.807) is 6.20 Å². The number of rotatable bonds is 5. The van der Waals surface area contributed by atoms with Gasteiger partial charge in [0.1, 0.15) is 11.5 Å². The molecule has 0 radical (unpaired) electrons. The molecule has 0 aliphatic heterocycles. The van der Waals surface area contributed by atoms with Crippen LogP contribution in [0.1, 0.15) is 10.4 Å². The maximum absolute atomic E-state index is 13.3. The summed E-state index contributed by atoms with van der Waals surface area (Å²) < 4.78 is 14.8. The van der Waals surface area contributed by atoms with Gasteiger partial charge in [-0.1, -0.05) is 5.21 Å². The number of hydrogen-bond acceptors (Lipinski definition) is 6. The zero-order valence-electron chi connectivity index (χ0n) is 10.7. The predicted molar refractivity (Wildman–Crippen MR) is 69.8 cm³/mol. The molecule has 1 heterocycles. The second-order valence-electron chi connectivity index (χ2n) is 4.07. The molecule has 0 saturated carbocycles. The fourth-order valence-electron chi connectivity index (χ4n) is 1.67.